The lowest BCUT2D eigenvalue weighted by molar-refractivity contribution is -0.310. The summed E-state index contributed by atoms with van der Waals surface area (Å²) in [5, 5.41) is 36.4. The molecule has 21 heteroatoms. The predicted octanol–water partition coefficient (Wildman–Crippen LogP) is 7.26. The fraction of sp³-hybridized carbons (Fsp3) is 0.719. The Morgan fingerprint density at radius 2 is 1.58 bits per heavy atom. The van der Waals surface area contributed by atoms with Crippen LogP contribution in [0, 0.1) is 23.6 Å². The SMILES string of the molecule is CC[C@H]1OC(=O)[C@H](C)[C@@H](O[C@H]2C[C@@](C)(OC)[C@@H](OC(=O)CCC(=O)OCC3CN(c4ccc(C5=CCN(Cc6ccccc6)CC5)c(F)c4)C(=O)O3)[C@H](C)O2)[C@H](C)[C@@H](O[C@H]2C[C@@H](N(C)C)C[C@@H](C)O2)[C@](C)(O)C[C@@H](C)CN(C)[C@H](C)[C@@H](O)[C@]1(C)O. The second-order valence-corrected chi connectivity index (χ2v) is 25.7. The zero-order valence-corrected chi connectivity index (χ0v) is 52.6. The summed E-state index contributed by atoms with van der Waals surface area (Å²) in [5.41, 5.74) is -1.74. The quantitative estimate of drug-likeness (QED) is 0.105. The number of cyclic esters (lactones) is 2. The van der Waals surface area contributed by atoms with E-state index < -0.39 is 120 Å². The van der Waals surface area contributed by atoms with Crippen molar-refractivity contribution in [2.24, 2.45) is 17.8 Å². The maximum atomic E-state index is 15.6. The number of likely N-dealkylation sites (N-methyl/N-ethyl adjacent to an activating group) is 1. The highest BCUT2D eigenvalue weighted by Crippen LogP contribution is 2.41. The number of nitrogens with zero attached hydrogens (tertiary/aromatic N) is 4. The van der Waals surface area contributed by atoms with E-state index in [0.717, 1.165) is 25.1 Å². The molecule has 5 heterocycles. The van der Waals surface area contributed by atoms with Gasteiger partial charge in [0.15, 0.2) is 24.8 Å². The summed E-state index contributed by atoms with van der Waals surface area (Å²) in [6.45, 7) is 20.1. The zero-order chi connectivity index (χ0) is 62.3. The number of anilines is 1. The first-order valence-corrected chi connectivity index (χ1v) is 30.5. The summed E-state index contributed by atoms with van der Waals surface area (Å²) in [6.07, 6.45) is -6.17. The van der Waals surface area contributed by atoms with Gasteiger partial charge < -0.3 is 67.8 Å². The molecule has 0 radical (unpaired) electrons. The second kappa shape index (κ2) is 29.1. The number of carbonyl (C=O) groups excluding carboxylic acids is 4. The Morgan fingerprint density at radius 3 is 2.22 bits per heavy atom. The Morgan fingerprint density at radius 1 is 0.871 bits per heavy atom. The molecule has 2 aromatic carbocycles. The average molecular weight is 1200 g/mol. The van der Waals surface area contributed by atoms with Crippen molar-refractivity contribution in [1.82, 2.24) is 14.7 Å². The van der Waals surface area contributed by atoms with Gasteiger partial charge in [-0.25, -0.2) is 9.18 Å². The number of rotatable bonds is 17. The molecular weight excluding hydrogens is 1100 g/mol. The summed E-state index contributed by atoms with van der Waals surface area (Å²) in [5.74, 6) is -4.63. The number of aliphatic hydroxyl groups is 3. The second-order valence-electron chi connectivity index (χ2n) is 25.7. The van der Waals surface area contributed by atoms with E-state index in [1.54, 1.807) is 53.7 Å². The standard InChI is InChI=1S/C64H97FN4O16/c1-15-51-64(10,76)57(72)42(6)67(13)34-38(2)32-62(8,75)58(85-54-31-47(66(11)12)29-39(3)79-54)40(4)56(41(5)60(73)82-51)84-55-33-63(9,77-14)59(43(7)80-55)83-53(71)24-23-52(70)78-37-48-36-69(61(74)81-48)46-21-22-49(50(65)30-46)45-25-27-68(28-26-45)35-44-19-17-16-18-20-44/h16-22,25,30,38-43,47-48,51,54-59,72,75-76H,15,23-24,26-29,31-37H2,1-14H3/t38-,39-,40+,41-,42-,43+,47+,48?,51-,54+,55+,56+,57-,58-,59+,62-,63-,64-/m1/s1. The lowest BCUT2D eigenvalue weighted by Gasteiger charge is -2.48. The lowest BCUT2D eigenvalue weighted by Crippen LogP contribution is -2.60. The van der Waals surface area contributed by atoms with Gasteiger partial charge in [-0.2, -0.15) is 0 Å². The van der Waals surface area contributed by atoms with Crippen LogP contribution in [0.2, 0.25) is 0 Å². The van der Waals surface area contributed by atoms with Crippen molar-refractivity contribution in [3.8, 4) is 0 Å². The molecule has 3 N–H and O–H groups in total. The van der Waals surface area contributed by atoms with E-state index in [0.29, 0.717) is 37.2 Å². The van der Waals surface area contributed by atoms with Crippen molar-refractivity contribution in [3.05, 3.63) is 71.6 Å². The normalized spacial score (nSPS) is 36.9. The molecule has 20 nitrogen and oxygen atoms in total. The fourth-order valence-corrected chi connectivity index (χ4v) is 13.2. The molecule has 5 aliphatic rings. The average Bonchev–Trinajstić information content (AvgIpc) is 3.06. The van der Waals surface area contributed by atoms with Gasteiger partial charge in [0, 0.05) is 69.7 Å². The van der Waals surface area contributed by atoms with Crippen LogP contribution in [0.4, 0.5) is 14.9 Å². The van der Waals surface area contributed by atoms with Crippen LogP contribution in [-0.2, 0) is 63.6 Å². The van der Waals surface area contributed by atoms with Gasteiger partial charge in [0.05, 0.1) is 61.0 Å². The Kier molecular flexibility index (Phi) is 23.2. The molecular formula is C64H97FN4O16. The Bertz CT molecular complexity index is 2590. The number of benzene rings is 2. The van der Waals surface area contributed by atoms with Crippen LogP contribution in [0.1, 0.15) is 132 Å². The van der Waals surface area contributed by atoms with Crippen molar-refractivity contribution < 1.29 is 81.5 Å². The minimum Gasteiger partial charge on any atom is -0.462 e. The van der Waals surface area contributed by atoms with Crippen LogP contribution in [0.15, 0.2) is 54.6 Å². The highest BCUT2D eigenvalue weighted by molar-refractivity contribution is 5.90. The number of ether oxygens (including phenoxy) is 9. The molecule has 0 aliphatic carbocycles. The van der Waals surface area contributed by atoms with E-state index in [-0.39, 0.29) is 63.3 Å². The first-order chi connectivity index (χ1) is 40.0. The summed E-state index contributed by atoms with van der Waals surface area (Å²) in [4.78, 5) is 61.9. The first kappa shape index (κ1) is 67.9. The number of hydrogen-bond donors (Lipinski definition) is 3. The van der Waals surface area contributed by atoms with Crippen LogP contribution in [0.25, 0.3) is 5.57 Å². The van der Waals surface area contributed by atoms with E-state index in [9.17, 15) is 34.5 Å². The molecule has 18 atom stereocenters. The van der Waals surface area contributed by atoms with Crippen LogP contribution in [-0.4, -0.2) is 205 Å². The number of aliphatic hydroxyl groups excluding tert-OH is 1. The predicted molar refractivity (Wildman–Crippen MR) is 315 cm³/mol. The van der Waals surface area contributed by atoms with Gasteiger partial charge in [0.1, 0.15) is 35.8 Å². The molecule has 5 aliphatic heterocycles. The van der Waals surface area contributed by atoms with E-state index in [1.165, 1.54) is 30.6 Å². The van der Waals surface area contributed by atoms with Gasteiger partial charge >= 0.3 is 24.0 Å². The number of hydrogen-bond acceptors (Lipinski definition) is 19. The van der Waals surface area contributed by atoms with Crippen molar-refractivity contribution in [1.29, 1.82) is 0 Å². The maximum Gasteiger partial charge on any atom is 0.414 e. The first-order valence-electron chi connectivity index (χ1n) is 30.5. The van der Waals surface area contributed by atoms with E-state index in [1.807, 2.05) is 71.1 Å². The van der Waals surface area contributed by atoms with Crippen molar-refractivity contribution >= 4 is 35.3 Å². The molecule has 1 unspecified atom stereocenters. The van der Waals surface area contributed by atoms with Gasteiger partial charge in [0.25, 0.3) is 0 Å². The number of methoxy groups -OCH3 is 1. The largest absolute Gasteiger partial charge is 0.462 e. The molecule has 1 amide bonds. The Balaban J connectivity index is 0.986. The number of halogens is 1. The Labute approximate surface area is 502 Å². The van der Waals surface area contributed by atoms with Gasteiger partial charge in [0.2, 0.25) is 0 Å². The molecule has 4 fully saturated rings. The summed E-state index contributed by atoms with van der Waals surface area (Å²) in [7, 11) is 7.33. The van der Waals surface area contributed by atoms with Crippen LogP contribution in [0.5, 0.6) is 0 Å². The molecule has 476 valence electrons. The maximum absolute atomic E-state index is 15.6. The molecule has 4 saturated heterocycles. The van der Waals surface area contributed by atoms with E-state index in [4.69, 9.17) is 42.6 Å². The third-order valence-electron chi connectivity index (χ3n) is 18.3. The van der Waals surface area contributed by atoms with Crippen molar-refractivity contribution in [3.63, 3.8) is 0 Å². The molecule has 0 aromatic heterocycles. The fourth-order valence-electron chi connectivity index (χ4n) is 13.2. The van der Waals surface area contributed by atoms with Gasteiger partial charge in [-0.05, 0) is 131 Å². The van der Waals surface area contributed by atoms with Crippen molar-refractivity contribution in [2.45, 2.75) is 217 Å². The van der Waals surface area contributed by atoms with Crippen LogP contribution < -0.4 is 4.90 Å². The van der Waals surface area contributed by atoms with Crippen LogP contribution >= 0.6 is 0 Å². The number of amides is 1. The summed E-state index contributed by atoms with van der Waals surface area (Å²) < 4.78 is 71.6. The third-order valence-corrected chi connectivity index (χ3v) is 18.3. The number of esters is 3. The molecule has 0 saturated carbocycles. The zero-order valence-electron chi connectivity index (χ0n) is 52.6. The molecule has 2 aromatic rings. The number of carbonyl (C=O) groups is 4. The highest BCUT2D eigenvalue weighted by Gasteiger charge is 2.53. The van der Waals surface area contributed by atoms with Gasteiger partial charge in [-0.15, -0.1) is 0 Å². The van der Waals surface area contributed by atoms with Crippen molar-refractivity contribution in [2.75, 3.05) is 65.9 Å². The topological polar surface area (TPSA) is 225 Å². The van der Waals surface area contributed by atoms with E-state index >= 15 is 4.39 Å². The molecule has 85 heavy (non-hydrogen) atoms. The van der Waals surface area contributed by atoms with Gasteiger partial charge in [-0.3, -0.25) is 24.2 Å². The minimum absolute atomic E-state index is 0.00529. The third kappa shape index (κ3) is 17.0. The highest BCUT2D eigenvalue weighted by atomic mass is 19.1. The smallest absolute Gasteiger partial charge is 0.414 e. The van der Waals surface area contributed by atoms with Crippen LogP contribution in [0.3, 0.4) is 0 Å². The van der Waals surface area contributed by atoms with Gasteiger partial charge in [-0.1, -0.05) is 57.2 Å². The Hall–Kier alpha value is -4.65. The molecule has 0 bridgehead atoms. The summed E-state index contributed by atoms with van der Waals surface area (Å²) in [6, 6.07) is 14.4. The molecule has 0 spiro atoms. The minimum atomic E-state index is -1.86. The molecule has 7 rings (SSSR count). The summed E-state index contributed by atoms with van der Waals surface area (Å²) >= 11 is 0. The van der Waals surface area contributed by atoms with E-state index in [2.05, 4.69) is 21.9 Å². The lowest BCUT2D eigenvalue weighted by atomic mass is 9.77. The monoisotopic (exact) mass is 1200 g/mol.